The number of anilines is 1. The maximum atomic E-state index is 9.53. The molecule has 0 amide bonds. The van der Waals surface area contributed by atoms with Gasteiger partial charge in [0.15, 0.2) is 12.3 Å². The van der Waals surface area contributed by atoms with Gasteiger partial charge in [-0.2, -0.15) is 5.26 Å². The fourth-order valence-electron chi connectivity index (χ4n) is 3.55. The van der Waals surface area contributed by atoms with Gasteiger partial charge in [-0.05, 0) is 42.5 Å². The highest BCUT2D eigenvalue weighted by Gasteiger charge is 2.39. The average molecular weight is 319 g/mol. The topological polar surface area (TPSA) is 89.8 Å². The highest BCUT2D eigenvalue weighted by Crippen LogP contribution is 2.47. The number of ether oxygens (including phenoxy) is 1. The summed E-state index contributed by atoms with van der Waals surface area (Å²) in [6.45, 7) is 4.01. The molecular formula is C18H17N5O. The van der Waals surface area contributed by atoms with Crippen molar-refractivity contribution in [1.29, 1.82) is 5.26 Å². The first-order chi connectivity index (χ1) is 11.6. The third kappa shape index (κ3) is 2.09. The molecule has 2 aromatic rings. The zero-order valence-electron chi connectivity index (χ0n) is 13.5. The van der Waals surface area contributed by atoms with E-state index in [0.29, 0.717) is 0 Å². The SMILES string of the molecule is CC1=COC2C(=C1)CC(c1cncc(C)c1)c1c2nc(N)n1C#N. The molecular weight excluding hydrogens is 302 g/mol. The number of hydrogen-bond acceptors (Lipinski definition) is 5. The Morgan fingerprint density at radius 1 is 1.38 bits per heavy atom. The van der Waals surface area contributed by atoms with Gasteiger partial charge in [0.05, 0.1) is 12.0 Å². The Bertz CT molecular complexity index is 931. The Balaban J connectivity index is 1.94. The molecule has 0 bridgehead atoms. The molecule has 2 atom stereocenters. The molecule has 2 aromatic heterocycles. The van der Waals surface area contributed by atoms with Crippen molar-refractivity contribution in [2.45, 2.75) is 32.3 Å². The second-order valence-corrected chi connectivity index (χ2v) is 6.33. The second kappa shape index (κ2) is 5.24. The summed E-state index contributed by atoms with van der Waals surface area (Å²) in [4.78, 5) is 8.74. The Morgan fingerprint density at radius 2 is 2.21 bits per heavy atom. The molecule has 2 N–H and O–H groups in total. The van der Waals surface area contributed by atoms with Gasteiger partial charge in [0.25, 0.3) is 0 Å². The lowest BCUT2D eigenvalue weighted by Gasteiger charge is -2.32. The zero-order chi connectivity index (χ0) is 16.8. The molecule has 0 saturated carbocycles. The molecule has 1 aliphatic carbocycles. The van der Waals surface area contributed by atoms with E-state index in [9.17, 15) is 5.26 Å². The largest absolute Gasteiger partial charge is 0.487 e. The van der Waals surface area contributed by atoms with E-state index in [2.05, 4.69) is 28.3 Å². The molecule has 0 saturated heterocycles. The van der Waals surface area contributed by atoms with Crippen LogP contribution >= 0.6 is 0 Å². The summed E-state index contributed by atoms with van der Waals surface area (Å²) < 4.78 is 7.26. The summed E-state index contributed by atoms with van der Waals surface area (Å²) >= 11 is 0. The highest BCUT2D eigenvalue weighted by molar-refractivity contribution is 5.49. The number of fused-ring (bicyclic) bond motifs is 3. The molecule has 4 rings (SSSR count). The number of nitriles is 1. The summed E-state index contributed by atoms with van der Waals surface area (Å²) in [5, 5.41) is 9.53. The molecule has 0 aromatic carbocycles. The number of rotatable bonds is 1. The van der Waals surface area contributed by atoms with E-state index in [1.54, 1.807) is 6.26 Å². The Labute approximate surface area is 139 Å². The summed E-state index contributed by atoms with van der Waals surface area (Å²) in [7, 11) is 0. The van der Waals surface area contributed by atoms with Gasteiger partial charge in [0, 0.05) is 18.3 Å². The molecule has 1 aliphatic heterocycles. The van der Waals surface area contributed by atoms with Crippen molar-refractivity contribution in [2.24, 2.45) is 0 Å². The van der Waals surface area contributed by atoms with Crippen LogP contribution in [0.2, 0.25) is 0 Å². The first kappa shape index (κ1) is 14.5. The third-order valence-corrected chi connectivity index (χ3v) is 4.52. The summed E-state index contributed by atoms with van der Waals surface area (Å²) in [5.74, 6) is 0.179. The van der Waals surface area contributed by atoms with Crippen LogP contribution in [-0.2, 0) is 4.74 Å². The molecule has 2 unspecified atom stereocenters. The minimum atomic E-state index is -0.269. The fraction of sp³-hybridized carbons (Fsp3) is 0.278. The monoisotopic (exact) mass is 319 g/mol. The van der Waals surface area contributed by atoms with E-state index >= 15 is 0 Å². The third-order valence-electron chi connectivity index (χ3n) is 4.52. The predicted molar refractivity (Wildman–Crippen MR) is 88.8 cm³/mol. The van der Waals surface area contributed by atoms with E-state index in [4.69, 9.17) is 10.5 Å². The molecule has 0 fully saturated rings. The number of nitrogens with two attached hydrogens (primary N) is 1. The zero-order valence-corrected chi connectivity index (χ0v) is 13.5. The number of allylic oxidation sites excluding steroid dienone is 2. The van der Waals surface area contributed by atoms with Gasteiger partial charge in [0.2, 0.25) is 5.95 Å². The molecule has 120 valence electrons. The van der Waals surface area contributed by atoms with Crippen molar-refractivity contribution in [2.75, 3.05) is 5.73 Å². The van der Waals surface area contributed by atoms with E-state index < -0.39 is 0 Å². The number of pyridine rings is 1. The minimum Gasteiger partial charge on any atom is -0.487 e. The lowest BCUT2D eigenvalue weighted by molar-refractivity contribution is 0.157. The van der Waals surface area contributed by atoms with Crippen LogP contribution in [0.15, 0.2) is 41.9 Å². The Morgan fingerprint density at radius 3 is 2.96 bits per heavy atom. The number of imidazole rings is 1. The van der Waals surface area contributed by atoms with Crippen LogP contribution < -0.4 is 5.73 Å². The molecule has 24 heavy (non-hydrogen) atoms. The lowest BCUT2D eigenvalue weighted by atomic mass is 9.79. The maximum absolute atomic E-state index is 9.53. The molecule has 6 heteroatoms. The number of hydrogen-bond donors (Lipinski definition) is 1. The average Bonchev–Trinajstić information content (AvgIpc) is 2.90. The van der Waals surface area contributed by atoms with Crippen LogP contribution in [0, 0.1) is 18.4 Å². The van der Waals surface area contributed by atoms with Crippen molar-refractivity contribution in [1.82, 2.24) is 14.5 Å². The van der Waals surface area contributed by atoms with Crippen molar-refractivity contribution >= 4 is 5.95 Å². The number of nitrogen functional groups attached to an aromatic ring is 1. The second-order valence-electron chi connectivity index (χ2n) is 6.33. The summed E-state index contributed by atoms with van der Waals surface area (Å²) in [6, 6.07) is 2.10. The molecule has 6 nitrogen and oxygen atoms in total. The van der Waals surface area contributed by atoms with Crippen LogP contribution in [0.4, 0.5) is 5.95 Å². The Hall–Kier alpha value is -3.07. The van der Waals surface area contributed by atoms with Gasteiger partial charge < -0.3 is 10.5 Å². The standard InChI is InChI=1S/C18H17N5O/c1-10-3-13(7-21-6-10)14-5-12-4-11(2)8-24-17(12)15-16(14)23(9-19)18(20)22-15/h3-4,6-8,14,17H,5H2,1-2H3,(H2,20,22). The minimum absolute atomic E-state index is 0.0196. The first-order valence-electron chi connectivity index (χ1n) is 7.81. The summed E-state index contributed by atoms with van der Waals surface area (Å²) in [6.07, 6.45) is 10.2. The number of aromatic nitrogens is 3. The van der Waals surface area contributed by atoms with Gasteiger partial charge in [0.1, 0.15) is 5.69 Å². The number of nitrogens with zero attached hydrogens (tertiary/aromatic N) is 4. The van der Waals surface area contributed by atoms with Crippen molar-refractivity contribution in [3.63, 3.8) is 0 Å². The lowest BCUT2D eigenvalue weighted by Crippen LogP contribution is -2.22. The quantitative estimate of drug-likeness (QED) is 0.873. The Kier molecular flexibility index (Phi) is 3.17. The summed E-state index contributed by atoms with van der Waals surface area (Å²) in [5.41, 5.74) is 11.9. The normalized spacial score (nSPS) is 21.7. The molecule has 0 spiro atoms. The van der Waals surface area contributed by atoms with Crippen LogP contribution in [0.1, 0.15) is 47.9 Å². The fourth-order valence-corrected chi connectivity index (χ4v) is 3.55. The van der Waals surface area contributed by atoms with Crippen molar-refractivity contribution in [3.8, 4) is 6.19 Å². The van der Waals surface area contributed by atoms with Gasteiger partial charge in [-0.3, -0.25) is 4.98 Å². The van der Waals surface area contributed by atoms with Crippen LogP contribution in [0.5, 0.6) is 0 Å². The predicted octanol–water partition coefficient (Wildman–Crippen LogP) is 2.94. The van der Waals surface area contributed by atoms with E-state index in [1.807, 2.05) is 26.2 Å². The van der Waals surface area contributed by atoms with E-state index in [1.165, 1.54) is 4.57 Å². The van der Waals surface area contributed by atoms with Gasteiger partial charge in [-0.1, -0.05) is 12.1 Å². The first-order valence-corrected chi connectivity index (χ1v) is 7.81. The molecule has 2 aliphatic rings. The maximum Gasteiger partial charge on any atom is 0.214 e. The van der Waals surface area contributed by atoms with Crippen LogP contribution in [0.25, 0.3) is 0 Å². The van der Waals surface area contributed by atoms with Gasteiger partial charge in [-0.15, -0.1) is 0 Å². The van der Waals surface area contributed by atoms with Gasteiger partial charge in [-0.25, -0.2) is 9.55 Å². The smallest absolute Gasteiger partial charge is 0.214 e. The van der Waals surface area contributed by atoms with E-state index in [0.717, 1.165) is 40.1 Å². The van der Waals surface area contributed by atoms with Crippen molar-refractivity contribution in [3.05, 3.63) is 64.5 Å². The number of aryl methyl sites for hydroxylation is 1. The highest BCUT2D eigenvalue weighted by atomic mass is 16.5. The van der Waals surface area contributed by atoms with Crippen LogP contribution in [-0.4, -0.2) is 14.5 Å². The molecule has 0 radical (unpaired) electrons. The van der Waals surface area contributed by atoms with Gasteiger partial charge >= 0.3 is 0 Å². The van der Waals surface area contributed by atoms with Crippen molar-refractivity contribution < 1.29 is 4.74 Å². The molecule has 3 heterocycles. The van der Waals surface area contributed by atoms with E-state index in [-0.39, 0.29) is 18.0 Å². The van der Waals surface area contributed by atoms with Crippen LogP contribution in [0.3, 0.4) is 0 Å².